The van der Waals surface area contributed by atoms with Crippen molar-refractivity contribution in [3.8, 4) is 23.0 Å². The molecule has 268 valence electrons. The van der Waals surface area contributed by atoms with Gasteiger partial charge in [0.2, 0.25) is 0 Å². The van der Waals surface area contributed by atoms with Gasteiger partial charge >= 0.3 is 0 Å². The number of fused-ring (bicyclic) bond motifs is 4. The van der Waals surface area contributed by atoms with Crippen LogP contribution in [0.4, 0.5) is 0 Å². The highest BCUT2D eigenvalue weighted by atomic mass is 79.9. The minimum absolute atomic E-state index is 0.275. The van der Waals surface area contributed by atoms with Crippen LogP contribution in [-0.4, -0.2) is 19.3 Å². The molecule has 2 aliphatic heterocycles. The maximum atomic E-state index is 7.17. The standard InChI is InChI=1S/C45H39BrO7/c46-41-39(50-30-34-17-9-3-10-18-34)27-38(49-29-33-15-7-2-8-16-33)40-42(41)53-45(36-21-23-37(24-22-36)48-28-32-13-5-1-6-14-32)44(43(40)47-25-26-52-45)51-31-35-19-11-4-12-20-35/h1-24,27,43-44H,25-26,28-31H2/t43-,44+,45+/m0/s1. The largest absolute Gasteiger partial charge is 0.489 e. The molecular weight excluding hydrogens is 732 g/mol. The molecular formula is C45H39BrO7. The second-order valence-corrected chi connectivity index (χ2v) is 13.7. The highest BCUT2D eigenvalue weighted by Gasteiger charge is 2.57. The van der Waals surface area contributed by atoms with Gasteiger partial charge in [-0.25, -0.2) is 0 Å². The summed E-state index contributed by atoms with van der Waals surface area (Å²) in [4.78, 5) is 0. The number of halogens is 1. The highest BCUT2D eigenvalue weighted by molar-refractivity contribution is 9.10. The number of benzene rings is 6. The van der Waals surface area contributed by atoms with Gasteiger partial charge < -0.3 is 33.2 Å². The number of ether oxygens (including phenoxy) is 7. The topological polar surface area (TPSA) is 64.6 Å². The van der Waals surface area contributed by atoms with Crippen molar-refractivity contribution in [3.63, 3.8) is 0 Å². The molecule has 3 atom stereocenters. The fraction of sp³-hybridized carbons (Fsp3) is 0.200. The van der Waals surface area contributed by atoms with Gasteiger partial charge in [-0.15, -0.1) is 0 Å². The molecule has 0 radical (unpaired) electrons. The monoisotopic (exact) mass is 770 g/mol. The lowest BCUT2D eigenvalue weighted by Crippen LogP contribution is -2.53. The molecule has 8 rings (SSSR count). The molecule has 2 heterocycles. The zero-order chi connectivity index (χ0) is 35.9. The Hall–Kier alpha value is -5.12. The van der Waals surface area contributed by atoms with Crippen molar-refractivity contribution < 1.29 is 33.2 Å². The molecule has 0 saturated carbocycles. The Balaban J connectivity index is 1.20. The zero-order valence-corrected chi connectivity index (χ0v) is 30.7. The smallest absolute Gasteiger partial charge is 0.266 e. The molecule has 53 heavy (non-hydrogen) atoms. The molecule has 0 amide bonds. The van der Waals surface area contributed by atoms with E-state index in [1.54, 1.807) is 0 Å². The predicted molar refractivity (Wildman–Crippen MR) is 205 cm³/mol. The Morgan fingerprint density at radius 3 is 1.64 bits per heavy atom. The Labute approximate surface area is 318 Å². The summed E-state index contributed by atoms with van der Waals surface area (Å²) in [5.41, 5.74) is 5.65. The fourth-order valence-electron chi connectivity index (χ4n) is 6.67. The van der Waals surface area contributed by atoms with Crippen LogP contribution in [0.25, 0.3) is 0 Å². The summed E-state index contributed by atoms with van der Waals surface area (Å²) in [6.07, 6.45) is -1.35. The Morgan fingerprint density at radius 1 is 0.566 bits per heavy atom. The molecule has 7 nitrogen and oxygen atoms in total. The second-order valence-electron chi connectivity index (χ2n) is 12.9. The summed E-state index contributed by atoms with van der Waals surface area (Å²) in [6, 6.07) is 50.0. The SMILES string of the molecule is Brc1c(OCc2ccccc2)cc(OCc2ccccc2)c2c1O[C@@]1(c3ccc(OCc4ccccc4)cc3)OCCO[C@@H]2[C@H]1OCc1ccccc1. The molecule has 6 aromatic rings. The minimum atomic E-state index is -1.39. The van der Waals surface area contributed by atoms with Crippen molar-refractivity contribution in [2.24, 2.45) is 0 Å². The summed E-state index contributed by atoms with van der Waals surface area (Å²) >= 11 is 3.87. The van der Waals surface area contributed by atoms with Crippen molar-refractivity contribution in [2.45, 2.75) is 44.4 Å². The average molecular weight is 772 g/mol. The molecule has 0 N–H and O–H groups in total. The first-order valence-corrected chi connectivity index (χ1v) is 18.5. The molecule has 0 aliphatic carbocycles. The predicted octanol–water partition coefficient (Wildman–Crippen LogP) is 10.1. The van der Waals surface area contributed by atoms with E-state index in [0.717, 1.165) is 39.1 Å². The number of rotatable bonds is 13. The van der Waals surface area contributed by atoms with E-state index in [9.17, 15) is 0 Å². The third-order valence-electron chi connectivity index (χ3n) is 9.32. The van der Waals surface area contributed by atoms with Gasteiger partial charge in [-0.1, -0.05) is 121 Å². The normalized spacial score (nSPS) is 19.0. The first-order valence-electron chi connectivity index (χ1n) is 17.7. The van der Waals surface area contributed by atoms with Crippen LogP contribution in [0.15, 0.2) is 156 Å². The third-order valence-corrected chi connectivity index (χ3v) is 10.1. The van der Waals surface area contributed by atoms with Crippen LogP contribution in [0, 0.1) is 0 Å². The van der Waals surface area contributed by atoms with Crippen molar-refractivity contribution >= 4 is 15.9 Å². The quantitative estimate of drug-likeness (QED) is 0.116. The van der Waals surface area contributed by atoms with E-state index in [2.05, 4.69) is 15.9 Å². The second kappa shape index (κ2) is 16.3. The van der Waals surface area contributed by atoms with Gasteiger partial charge in [0.05, 0.1) is 25.4 Å². The summed E-state index contributed by atoms with van der Waals surface area (Å²) < 4.78 is 47.3. The number of hydrogen-bond acceptors (Lipinski definition) is 7. The molecule has 0 aromatic heterocycles. The third kappa shape index (κ3) is 7.82. The molecule has 8 heteroatoms. The van der Waals surface area contributed by atoms with Gasteiger partial charge in [0.1, 0.15) is 47.6 Å². The molecule has 0 unspecified atom stereocenters. The van der Waals surface area contributed by atoms with Gasteiger partial charge in [-0.3, -0.25) is 0 Å². The summed E-state index contributed by atoms with van der Waals surface area (Å²) in [6.45, 7) is 2.05. The molecule has 6 aromatic carbocycles. The van der Waals surface area contributed by atoms with Gasteiger partial charge in [0.15, 0.2) is 11.9 Å². The molecule has 2 bridgehead atoms. The van der Waals surface area contributed by atoms with E-state index in [4.69, 9.17) is 33.2 Å². The zero-order valence-electron chi connectivity index (χ0n) is 29.1. The Kier molecular flexibility index (Phi) is 10.7. The van der Waals surface area contributed by atoms with E-state index in [-0.39, 0.29) is 6.61 Å². The van der Waals surface area contributed by atoms with Crippen molar-refractivity contribution in [2.75, 3.05) is 13.2 Å². The summed E-state index contributed by atoms with van der Waals surface area (Å²) in [7, 11) is 0. The summed E-state index contributed by atoms with van der Waals surface area (Å²) in [5.74, 6) is 0.986. The van der Waals surface area contributed by atoms with Crippen LogP contribution in [0.1, 0.15) is 39.5 Å². The Morgan fingerprint density at radius 2 is 1.08 bits per heavy atom. The van der Waals surface area contributed by atoms with E-state index >= 15 is 0 Å². The first-order chi connectivity index (χ1) is 26.2. The fourth-order valence-corrected chi connectivity index (χ4v) is 7.19. The lowest BCUT2D eigenvalue weighted by molar-refractivity contribution is -0.275. The molecule has 0 spiro atoms. The Bertz CT molecular complexity index is 2080. The average Bonchev–Trinajstić information content (AvgIpc) is 3.34. The molecule has 2 aliphatic rings. The maximum Gasteiger partial charge on any atom is 0.266 e. The lowest BCUT2D eigenvalue weighted by atomic mass is 9.88. The lowest BCUT2D eigenvalue weighted by Gasteiger charge is -2.46. The van der Waals surface area contributed by atoms with E-state index in [1.807, 2.05) is 152 Å². The van der Waals surface area contributed by atoms with Gasteiger partial charge in [0, 0.05) is 11.6 Å². The maximum absolute atomic E-state index is 7.17. The van der Waals surface area contributed by atoms with Crippen LogP contribution >= 0.6 is 15.9 Å². The van der Waals surface area contributed by atoms with E-state index in [1.165, 1.54) is 0 Å². The van der Waals surface area contributed by atoms with E-state index < -0.39 is 18.0 Å². The van der Waals surface area contributed by atoms with E-state index in [0.29, 0.717) is 54.8 Å². The van der Waals surface area contributed by atoms with Gasteiger partial charge in [-0.05, 0) is 62.4 Å². The van der Waals surface area contributed by atoms with Crippen molar-refractivity contribution in [3.05, 3.63) is 190 Å². The van der Waals surface area contributed by atoms with Crippen molar-refractivity contribution in [1.82, 2.24) is 0 Å². The van der Waals surface area contributed by atoms with Crippen LogP contribution in [0.3, 0.4) is 0 Å². The van der Waals surface area contributed by atoms with Crippen LogP contribution in [0.2, 0.25) is 0 Å². The molecule has 1 fully saturated rings. The summed E-state index contributed by atoms with van der Waals surface area (Å²) in [5, 5.41) is 0. The number of hydrogen-bond donors (Lipinski definition) is 0. The van der Waals surface area contributed by atoms with Crippen LogP contribution in [-0.2, 0) is 46.4 Å². The van der Waals surface area contributed by atoms with Crippen LogP contribution < -0.4 is 18.9 Å². The molecule has 1 saturated heterocycles. The van der Waals surface area contributed by atoms with Crippen molar-refractivity contribution in [1.29, 1.82) is 0 Å². The first kappa shape index (κ1) is 34.9. The van der Waals surface area contributed by atoms with Gasteiger partial charge in [0.25, 0.3) is 5.79 Å². The minimum Gasteiger partial charge on any atom is -0.489 e. The highest BCUT2D eigenvalue weighted by Crippen LogP contribution is 2.57. The van der Waals surface area contributed by atoms with Crippen LogP contribution in [0.5, 0.6) is 23.0 Å². The van der Waals surface area contributed by atoms with Gasteiger partial charge in [-0.2, -0.15) is 0 Å².